The van der Waals surface area contributed by atoms with Crippen molar-refractivity contribution >= 4 is 40.9 Å². The molecule has 2 rings (SSSR count). The summed E-state index contributed by atoms with van der Waals surface area (Å²) in [6.45, 7) is 4.86. The molecule has 0 unspecified atom stereocenters. The van der Waals surface area contributed by atoms with Gasteiger partial charge in [0.15, 0.2) is 6.61 Å². The summed E-state index contributed by atoms with van der Waals surface area (Å²) in [6, 6.07) is 8.21. The van der Waals surface area contributed by atoms with Crippen molar-refractivity contribution in [1.29, 1.82) is 0 Å². The molecule has 27 heavy (non-hydrogen) atoms. The van der Waals surface area contributed by atoms with Crippen LogP contribution >= 0.6 is 23.2 Å². The van der Waals surface area contributed by atoms with Gasteiger partial charge in [0.1, 0.15) is 6.54 Å². The molecule has 1 N–H and O–H groups in total. The maximum absolute atomic E-state index is 12.3. The van der Waals surface area contributed by atoms with Gasteiger partial charge in [-0.05, 0) is 50.1 Å². The number of halogens is 2. The molecule has 0 saturated heterocycles. The van der Waals surface area contributed by atoms with Crippen molar-refractivity contribution < 1.29 is 19.1 Å². The summed E-state index contributed by atoms with van der Waals surface area (Å²) >= 11 is 11.7. The molecule has 0 radical (unpaired) electrons. The van der Waals surface area contributed by atoms with Crippen molar-refractivity contribution in [1.82, 2.24) is 5.32 Å². The highest BCUT2D eigenvalue weighted by Crippen LogP contribution is 2.21. The van der Waals surface area contributed by atoms with E-state index in [-0.39, 0.29) is 29.5 Å². The number of ether oxygens (including phenoxy) is 1. The first-order chi connectivity index (χ1) is 12.7. The van der Waals surface area contributed by atoms with Crippen LogP contribution in [0.4, 0.5) is 0 Å². The molecule has 5 nitrogen and oxygen atoms in total. The van der Waals surface area contributed by atoms with Gasteiger partial charge in [-0.3, -0.25) is 14.4 Å². The lowest BCUT2D eigenvalue weighted by Crippen LogP contribution is -2.31. The molecule has 0 aliphatic carbocycles. The Morgan fingerprint density at radius 1 is 1.00 bits per heavy atom. The molecule has 142 valence electrons. The van der Waals surface area contributed by atoms with E-state index in [1.54, 1.807) is 0 Å². The molecule has 2 aromatic carbocycles. The largest absolute Gasteiger partial charge is 0.456 e. The van der Waals surface area contributed by atoms with Crippen LogP contribution in [0.25, 0.3) is 0 Å². The lowest BCUT2D eigenvalue weighted by molar-refractivity contribution is -0.141. The Bertz CT molecular complexity index is 886. The van der Waals surface area contributed by atoms with Gasteiger partial charge in [-0.25, -0.2) is 0 Å². The van der Waals surface area contributed by atoms with Crippen molar-refractivity contribution in [2.24, 2.45) is 0 Å². The molecule has 0 aliphatic heterocycles. The van der Waals surface area contributed by atoms with Gasteiger partial charge in [0.2, 0.25) is 5.78 Å². The Morgan fingerprint density at radius 3 is 2.22 bits per heavy atom. The molecule has 0 aliphatic rings. The van der Waals surface area contributed by atoms with Crippen molar-refractivity contribution in [3.05, 3.63) is 68.2 Å². The molecule has 0 atom stereocenters. The van der Waals surface area contributed by atoms with E-state index >= 15 is 0 Å². The molecule has 0 fully saturated rings. The minimum atomic E-state index is -0.718. The van der Waals surface area contributed by atoms with E-state index in [0.717, 1.165) is 16.7 Å². The highest BCUT2D eigenvalue weighted by molar-refractivity contribution is 6.36. The summed E-state index contributed by atoms with van der Waals surface area (Å²) in [7, 11) is 0. The Kier molecular flexibility index (Phi) is 6.99. The van der Waals surface area contributed by atoms with Crippen LogP contribution in [-0.2, 0) is 9.53 Å². The molecule has 0 heterocycles. The SMILES string of the molecule is Cc1cc(C)c(C(=O)COC(=O)CNC(=O)c2ccc(Cl)cc2Cl)c(C)c1. The summed E-state index contributed by atoms with van der Waals surface area (Å²) < 4.78 is 4.98. The van der Waals surface area contributed by atoms with Gasteiger partial charge in [-0.1, -0.05) is 40.9 Å². The number of esters is 1. The standard InChI is InChI=1S/C20H19Cl2NO4/c1-11-6-12(2)19(13(3)7-11)17(24)10-27-18(25)9-23-20(26)15-5-4-14(21)8-16(15)22/h4-8H,9-10H2,1-3H3,(H,23,26). The fourth-order valence-electron chi connectivity index (χ4n) is 2.81. The molecule has 1 amide bonds. The highest BCUT2D eigenvalue weighted by Gasteiger charge is 2.16. The maximum atomic E-state index is 12.3. The number of benzene rings is 2. The summed E-state index contributed by atoms with van der Waals surface area (Å²) in [5.41, 5.74) is 3.46. The van der Waals surface area contributed by atoms with Gasteiger partial charge >= 0.3 is 5.97 Å². The Hall–Kier alpha value is -2.37. The smallest absolute Gasteiger partial charge is 0.325 e. The summed E-state index contributed by atoms with van der Waals surface area (Å²) in [6.07, 6.45) is 0. The van der Waals surface area contributed by atoms with Crippen molar-refractivity contribution in [3.8, 4) is 0 Å². The second-order valence-electron chi connectivity index (χ2n) is 6.16. The highest BCUT2D eigenvalue weighted by atomic mass is 35.5. The second-order valence-corrected chi connectivity index (χ2v) is 7.01. The van der Waals surface area contributed by atoms with Gasteiger partial charge in [-0.2, -0.15) is 0 Å². The predicted octanol–water partition coefficient (Wildman–Crippen LogP) is 4.07. The lowest BCUT2D eigenvalue weighted by atomic mass is 9.97. The average Bonchev–Trinajstić information content (AvgIpc) is 2.57. The first-order valence-electron chi connectivity index (χ1n) is 8.19. The Labute approximate surface area is 167 Å². The van der Waals surface area contributed by atoms with Crippen LogP contribution in [0, 0.1) is 20.8 Å². The van der Waals surface area contributed by atoms with Crippen LogP contribution in [0.15, 0.2) is 30.3 Å². The predicted molar refractivity (Wildman–Crippen MR) is 105 cm³/mol. The number of nitrogens with one attached hydrogen (secondary N) is 1. The number of carbonyl (C=O) groups is 3. The van der Waals surface area contributed by atoms with E-state index in [1.807, 2.05) is 32.9 Å². The summed E-state index contributed by atoms with van der Waals surface area (Å²) in [5.74, 6) is -1.54. The van der Waals surface area contributed by atoms with E-state index < -0.39 is 11.9 Å². The minimum Gasteiger partial charge on any atom is -0.456 e. The molecule has 0 spiro atoms. The van der Waals surface area contributed by atoms with Crippen LogP contribution in [0.3, 0.4) is 0 Å². The molecule has 0 saturated carbocycles. The minimum absolute atomic E-state index is 0.175. The van der Waals surface area contributed by atoms with Gasteiger partial charge in [0, 0.05) is 10.6 Å². The fourth-order valence-corrected chi connectivity index (χ4v) is 3.30. The normalized spacial score (nSPS) is 10.4. The third-order valence-electron chi connectivity index (χ3n) is 3.89. The van der Waals surface area contributed by atoms with E-state index in [9.17, 15) is 14.4 Å². The average molecular weight is 408 g/mol. The van der Waals surface area contributed by atoms with E-state index in [2.05, 4.69) is 5.32 Å². The Balaban J connectivity index is 1.89. The zero-order valence-corrected chi connectivity index (χ0v) is 16.7. The van der Waals surface area contributed by atoms with E-state index in [4.69, 9.17) is 27.9 Å². The number of aryl methyl sites for hydroxylation is 3. The van der Waals surface area contributed by atoms with Gasteiger partial charge < -0.3 is 10.1 Å². The molecule has 0 aromatic heterocycles. The number of rotatable bonds is 6. The molecule has 7 heteroatoms. The monoisotopic (exact) mass is 407 g/mol. The van der Waals surface area contributed by atoms with Gasteiger partial charge in [-0.15, -0.1) is 0 Å². The topological polar surface area (TPSA) is 72.5 Å². The molecule has 2 aromatic rings. The number of hydrogen-bond acceptors (Lipinski definition) is 4. The molecular weight excluding hydrogens is 389 g/mol. The zero-order valence-electron chi connectivity index (χ0n) is 15.2. The van der Waals surface area contributed by atoms with Crippen LogP contribution in [0.2, 0.25) is 10.0 Å². The third-order valence-corrected chi connectivity index (χ3v) is 4.44. The quantitative estimate of drug-likeness (QED) is 0.578. The fraction of sp³-hybridized carbons (Fsp3) is 0.250. The van der Waals surface area contributed by atoms with Crippen molar-refractivity contribution in [2.45, 2.75) is 20.8 Å². The Morgan fingerprint density at radius 2 is 1.63 bits per heavy atom. The van der Waals surface area contributed by atoms with Crippen LogP contribution in [0.1, 0.15) is 37.4 Å². The van der Waals surface area contributed by atoms with Crippen LogP contribution < -0.4 is 5.32 Å². The lowest BCUT2D eigenvalue weighted by Gasteiger charge is -2.11. The maximum Gasteiger partial charge on any atom is 0.325 e. The first-order valence-corrected chi connectivity index (χ1v) is 8.94. The van der Waals surface area contributed by atoms with Crippen molar-refractivity contribution in [3.63, 3.8) is 0 Å². The van der Waals surface area contributed by atoms with Gasteiger partial charge in [0.05, 0.1) is 10.6 Å². The number of carbonyl (C=O) groups excluding carboxylic acids is 3. The van der Waals surface area contributed by atoms with E-state index in [1.165, 1.54) is 18.2 Å². The number of Topliss-reactive ketones (excluding diaryl/α,β-unsaturated/α-hetero) is 1. The summed E-state index contributed by atoms with van der Waals surface area (Å²) in [5, 5.41) is 2.97. The van der Waals surface area contributed by atoms with Crippen molar-refractivity contribution in [2.75, 3.05) is 13.2 Å². The first kappa shape index (κ1) is 20.9. The second kappa shape index (κ2) is 9.02. The zero-order chi connectivity index (χ0) is 20.1. The van der Waals surface area contributed by atoms with E-state index in [0.29, 0.717) is 10.6 Å². The number of amides is 1. The van der Waals surface area contributed by atoms with Crippen LogP contribution in [0.5, 0.6) is 0 Å². The van der Waals surface area contributed by atoms with Crippen LogP contribution in [-0.4, -0.2) is 30.8 Å². The molecule has 0 bridgehead atoms. The number of ketones is 1. The third kappa shape index (κ3) is 5.55. The molecular formula is C20H19Cl2NO4. The number of hydrogen-bond donors (Lipinski definition) is 1. The van der Waals surface area contributed by atoms with Gasteiger partial charge in [0.25, 0.3) is 5.91 Å². The summed E-state index contributed by atoms with van der Waals surface area (Å²) in [4.78, 5) is 36.2.